The summed E-state index contributed by atoms with van der Waals surface area (Å²) in [4.78, 5) is 0. The highest BCUT2D eigenvalue weighted by molar-refractivity contribution is 5.36. The number of benzene rings is 1. The van der Waals surface area contributed by atoms with Crippen LogP contribution in [-0.2, 0) is 13.1 Å². The molecular formula is C16H24BrN3. The summed E-state index contributed by atoms with van der Waals surface area (Å²) >= 11 is 0. The lowest BCUT2D eigenvalue weighted by molar-refractivity contribution is -0.688. The first-order valence-electron chi connectivity index (χ1n) is 6.92. The minimum Gasteiger partial charge on any atom is -1.00 e. The molecule has 20 heavy (non-hydrogen) atoms. The normalized spacial score (nSPS) is 10.4. The molecular weight excluding hydrogens is 314 g/mol. The summed E-state index contributed by atoms with van der Waals surface area (Å²) in [6.45, 7) is 9.22. The largest absolute Gasteiger partial charge is 1.00 e. The Balaban J connectivity index is 0.00000200. The number of imidazole rings is 1. The number of nitrogens with zero attached hydrogens (tertiary/aromatic N) is 2. The molecule has 4 heteroatoms. The number of nitrogens with two attached hydrogens (primary N) is 1. The molecule has 110 valence electrons. The lowest BCUT2D eigenvalue weighted by Gasteiger charge is -2.09. The highest BCUT2D eigenvalue weighted by Gasteiger charge is 2.09. The fraction of sp³-hybridized carbons (Fsp3) is 0.438. The van der Waals surface area contributed by atoms with Crippen LogP contribution < -0.4 is 27.3 Å². The summed E-state index contributed by atoms with van der Waals surface area (Å²) in [5.41, 5.74) is 11.1. The van der Waals surface area contributed by atoms with Crippen LogP contribution in [0.4, 0.5) is 0 Å². The minimum absolute atomic E-state index is 0. The van der Waals surface area contributed by atoms with Gasteiger partial charge < -0.3 is 22.7 Å². The molecule has 0 fully saturated rings. The van der Waals surface area contributed by atoms with Gasteiger partial charge in [-0.1, -0.05) is 17.7 Å². The Morgan fingerprint density at radius 2 is 1.80 bits per heavy atom. The van der Waals surface area contributed by atoms with E-state index >= 15 is 0 Å². The van der Waals surface area contributed by atoms with E-state index in [1.807, 2.05) is 0 Å². The van der Waals surface area contributed by atoms with Crippen molar-refractivity contribution in [1.82, 2.24) is 4.57 Å². The molecule has 0 unspecified atom stereocenters. The molecule has 0 aliphatic carbocycles. The van der Waals surface area contributed by atoms with Crippen LogP contribution in [0.3, 0.4) is 0 Å². The van der Waals surface area contributed by atoms with Gasteiger partial charge in [-0.3, -0.25) is 0 Å². The van der Waals surface area contributed by atoms with Crippen LogP contribution in [0.5, 0.6) is 0 Å². The SMILES string of the molecule is Cc1cc(C)c(C[n+]2ccn(CCCN)c2)c(C)c1.[Br-]. The molecule has 0 saturated heterocycles. The van der Waals surface area contributed by atoms with Crippen molar-refractivity contribution in [2.75, 3.05) is 6.54 Å². The van der Waals surface area contributed by atoms with Crippen molar-refractivity contribution >= 4 is 0 Å². The van der Waals surface area contributed by atoms with Crippen LogP contribution in [0.15, 0.2) is 30.9 Å². The lowest BCUT2D eigenvalue weighted by Crippen LogP contribution is -3.00. The molecule has 0 spiro atoms. The maximum Gasteiger partial charge on any atom is 0.244 e. The van der Waals surface area contributed by atoms with E-state index in [1.54, 1.807) is 0 Å². The van der Waals surface area contributed by atoms with Gasteiger partial charge >= 0.3 is 0 Å². The highest BCUT2D eigenvalue weighted by Crippen LogP contribution is 2.15. The van der Waals surface area contributed by atoms with Crippen molar-refractivity contribution in [3.8, 4) is 0 Å². The van der Waals surface area contributed by atoms with Gasteiger partial charge in [0.15, 0.2) is 0 Å². The van der Waals surface area contributed by atoms with Gasteiger partial charge in [0.25, 0.3) is 0 Å². The highest BCUT2D eigenvalue weighted by atomic mass is 79.9. The monoisotopic (exact) mass is 337 g/mol. The van der Waals surface area contributed by atoms with Gasteiger partial charge in [-0.05, 0) is 50.4 Å². The molecule has 0 amide bonds. The average Bonchev–Trinajstić information content (AvgIpc) is 2.79. The van der Waals surface area contributed by atoms with E-state index in [4.69, 9.17) is 5.73 Å². The van der Waals surface area contributed by atoms with Crippen LogP contribution >= 0.6 is 0 Å². The lowest BCUT2D eigenvalue weighted by atomic mass is 10.00. The Morgan fingerprint density at radius 3 is 2.40 bits per heavy atom. The topological polar surface area (TPSA) is 34.8 Å². The molecule has 0 aliphatic rings. The van der Waals surface area contributed by atoms with Gasteiger partial charge in [0.1, 0.15) is 18.9 Å². The predicted octanol–water partition coefficient (Wildman–Crippen LogP) is -0.898. The summed E-state index contributed by atoms with van der Waals surface area (Å²) in [5.74, 6) is 0. The maximum atomic E-state index is 5.54. The predicted molar refractivity (Wildman–Crippen MR) is 78.1 cm³/mol. The molecule has 0 radical (unpaired) electrons. The van der Waals surface area contributed by atoms with E-state index in [1.165, 1.54) is 22.3 Å². The second-order valence-electron chi connectivity index (χ2n) is 5.34. The standard InChI is InChI=1S/C16H24N3.BrH/c1-13-9-14(2)16(15(3)10-13)11-19-8-7-18(12-19)6-4-5-17;/h7-10,12H,4-6,11,17H2,1-3H3;1H/q+1;/p-1. The van der Waals surface area contributed by atoms with E-state index in [-0.39, 0.29) is 17.0 Å². The van der Waals surface area contributed by atoms with Crippen molar-refractivity contribution in [3.05, 3.63) is 53.1 Å². The number of aryl methyl sites for hydroxylation is 4. The molecule has 0 atom stereocenters. The Labute approximate surface area is 132 Å². The van der Waals surface area contributed by atoms with Gasteiger partial charge in [-0.15, -0.1) is 0 Å². The Bertz CT molecular complexity index is 538. The third kappa shape index (κ3) is 4.18. The van der Waals surface area contributed by atoms with Gasteiger partial charge in [0.2, 0.25) is 6.33 Å². The molecule has 0 aliphatic heterocycles. The third-order valence-electron chi connectivity index (χ3n) is 3.55. The smallest absolute Gasteiger partial charge is 0.244 e. The fourth-order valence-corrected chi connectivity index (χ4v) is 2.58. The van der Waals surface area contributed by atoms with Crippen molar-refractivity contribution in [2.45, 2.75) is 40.3 Å². The Hall–Kier alpha value is -1.13. The number of rotatable bonds is 5. The maximum absolute atomic E-state index is 5.54. The van der Waals surface area contributed by atoms with Crippen molar-refractivity contribution in [3.63, 3.8) is 0 Å². The first kappa shape index (κ1) is 16.9. The van der Waals surface area contributed by atoms with E-state index in [2.05, 4.69) is 60.8 Å². The number of hydrogen-bond acceptors (Lipinski definition) is 1. The second-order valence-corrected chi connectivity index (χ2v) is 5.34. The average molecular weight is 338 g/mol. The first-order valence-corrected chi connectivity index (χ1v) is 6.92. The van der Waals surface area contributed by atoms with Crippen molar-refractivity contribution in [2.24, 2.45) is 5.73 Å². The van der Waals surface area contributed by atoms with Crippen LogP contribution in [0.1, 0.15) is 28.7 Å². The fourth-order valence-electron chi connectivity index (χ4n) is 2.58. The second kappa shape index (κ2) is 7.60. The molecule has 1 aromatic carbocycles. The quantitative estimate of drug-likeness (QED) is 0.705. The number of hydrogen-bond donors (Lipinski definition) is 1. The van der Waals surface area contributed by atoms with Crippen LogP contribution in [0.25, 0.3) is 0 Å². The van der Waals surface area contributed by atoms with Crippen molar-refractivity contribution in [1.29, 1.82) is 0 Å². The molecule has 0 bridgehead atoms. The van der Waals surface area contributed by atoms with Gasteiger partial charge in [-0.2, -0.15) is 0 Å². The molecule has 2 N–H and O–H groups in total. The summed E-state index contributed by atoms with van der Waals surface area (Å²) in [6, 6.07) is 4.52. The van der Waals surface area contributed by atoms with Crippen LogP contribution in [0, 0.1) is 20.8 Å². The van der Waals surface area contributed by atoms with Crippen LogP contribution in [0.2, 0.25) is 0 Å². The summed E-state index contributed by atoms with van der Waals surface area (Å²) in [7, 11) is 0. The minimum atomic E-state index is 0. The first-order chi connectivity index (χ1) is 9.10. The van der Waals surface area contributed by atoms with Gasteiger partial charge in [0, 0.05) is 0 Å². The molecule has 0 saturated carbocycles. The van der Waals surface area contributed by atoms with E-state index < -0.39 is 0 Å². The van der Waals surface area contributed by atoms with E-state index in [0.29, 0.717) is 0 Å². The van der Waals surface area contributed by atoms with Gasteiger partial charge in [-0.25, -0.2) is 9.13 Å². The Morgan fingerprint density at radius 1 is 1.15 bits per heavy atom. The van der Waals surface area contributed by atoms with E-state index in [0.717, 1.165) is 26.1 Å². The molecule has 2 rings (SSSR count). The van der Waals surface area contributed by atoms with Gasteiger partial charge in [0.05, 0.1) is 6.54 Å². The Kier molecular flexibility index (Phi) is 6.43. The summed E-state index contributed by atoms with van der Waals surface area (Å²) < 4.78 is 4.44. The van der Waals surface area contributed by atoms with Crippen molar-refractivity contribution < 1.29 is 21.5 Å². The third-order valence-corrected chi connectivity index (χ3v) is 3.55. The number of halogens is 1. The summed E-state index contributed by atoms with van der Waals surface area (Å²) in [6.07, 6.45) is 7.44. The molecule has 1 heterocycles. The zero-order chi connectivity index (χ0) is 13.8. The van der Waals surface area contributed by atoms with E-state index in [9.17, 15) is 0 Å². The zero-order valence-electron chi connectivity index (χ0n) is 12.6. The number of aromatic nitrogens is 2. The molecule has 1 aromatic heterocycles. The van der Waals surface area contributed by atoms with Crippen LogP contribution in [-0.4, -0.2) is 11.1 Å². The summed E-state index contributed by atoms with van der Waals surface area (Å²) in [5, 5.41) is 0. The zero-order valence-corrected chi connectivity index (χ0v) is 14.2. The molecule has 2 aromatic rings. The molecule has 3 nitrogen and oxygen atoms in total.